The van der Waals surface area contributed by atoms with Crippen LogP contribution in [0.25, 0.3) is 10.2 Å². The fourth-order valence-electron chi connectivity index (χ4n) is 3.44. The minimum absolute atomic E-state index is 0.0557. The van der Waals surface area contributed by atoms with Crippen LogP contribution in [0.3, 0.4) is 0 Å². The molecule has 8 nitrogen and oxygen atoms in total. The number of aryl methyl sites for hydroxylation is 1. The third-order valence-electron chi connectivity index (χ3n) is 5.10. The summed E-state index contributed by atoms with van der Waals surface area (Å²) in [5.74, 6) is -0.284. The van der Waals surface area contributed by atoms with Crippen molar-refractivity contribution in [1.29, 1.82) is 0 Å². The number of nitro groups is 1. The number of ether oxygens (including phenoxy) is 1. The lowest BCUT2D eigenvalue weighted by Gasteiger charge is -2.27. The largest absolute Gasteiger partial charge is 0.379 e. The zero-order chi connectivity index (χ0) is 22.0. The van der Waals surface area contributed by atoms with E-state index in [4.69, 9.17) is 21.3 Å². The zero-order valence-corrected chi connectivity index (χ0v) is 19.3. The molecule has 0 unspecified atom stereocenters. The van der Waals surface area contributed by atoms with Crippen molar-refractivity contribution >= 4 is 60.5 Å². The summed E-state index contributed by atoms with van der Waals surface area (Å²) in [5, 5.41) is 12.2. The molecule has 11 heteroatoms. The molecule has 3 aromatic rings. The minimum Gasteiger partial charge on any atom is -0.379 e. The summed E-state index contributed by atoms with van der Waals surface area (Å²) >= 11 is 8.61. The van der Waals surface area contributed by atoms with Crippen LogP contribution in [-0.4, -0.2) is 60.1 Å². The average molecular weight is 481 g/mol. The molecule has 4 rings (SSSR count). The van der Waals surface area contributed by atoms with Crippen molar-refractivity contribution in [2.75, 3.05) is 44.3 Å². The number of aromatic nitrogens is 1. The van der Waals surface area contributed by atoms with Crippen LogP contribution in [0.15, 0.2) is 24.3 Å². The van der Waals surface area contributed by atoms with Gasteiger partial charge in [-0.3, -0.25) is 24.7 Å². The van der Waals surface area contributed by atoms with Crippen LogP contribution in [0.1, 0.15) is 21.7 Å². The van der Waals surface area contributed by atoms with Gasteiger partial charge in [-0.05, 0) is 31.0 Å². The molecule has 31 heavy (non-hydrogen) atoms. The topological polar surface area (TPSA) is 88.8 Å². The van der Waals surface area contributed by atoms with Gasteiger partial charge in [0, 0.05) is 32.2 Å². The number of rotatable bonds is 7. The Balaban J connectivity index is 1.61. The summed E-state index contributed by atoms with van der Waals surface area (Å²) in [7, 11) is 0. The molecule has 1 aliphatic rings. The quantitative estimate of drug-likeness (QED) is 0.363. The van der Waals surface area contributed by atoms with E-state index < -0.39 is 4.92 Å². The molecule has 1 amide bonds. The Morgan fingerprint density at radius 1 is 1.29 bits per heavy atom. The zero-order valence-electron chi connectivity index (χ0n) is 16.9. The number of thiophene rings is 1. The maximum absolute atomic E-state index is 13.3. The van der Waals surface area contributed by atoms with Crippen LogP contribution in [0.4, 0.5) is 10.1 Å². The van der Waals surface area contributed by atoms with Gasteiger partial charge in [-0.2, -0.15) is 0 Å². The van der Waals surface area contributed by atoms with Crippen LogP contribution >= 0.6 is 34.3 Å². The van der Waals surface area contributed by atoms with E-state index in [-0.39, 0.29) is 10.9 Å². The van der Waals surface area contributed by atoms with Gasteiger partial charge in [-0.1, -0.05) is 40.3 Å². The molecule has 0 atom stereocenters. The highest BCUT2D eigenvalue weighted by molar-refractivity contribution is 7.23. The van der Waals surface area contributed by atoms with Crippen molar-refractivity contribution < 1.29 is 14.5 Å². The lowest BCUT2D eigenvalue weighted by molar-refractivity contribution is -0.380. The molecule has 164 valence electrons. The maximum atomic E-state index is 13.3. The maximum Gasteiger partial charge on any atom is 0.324 e. The summed E-state index contributed by atoms with van der Waals surface area (Å²) < 4.78 is 6.22. The Bertz CT molecular complexity index is 1070. The lowest BCUT2D eigenvalue weighted by Crippen LogP contribution is -2.39. The number of nitrogens with zero attached hydrogens (tertiary/aromatic N) is 4. The number of fused-ring (bicyclic) bond motifs is 1. The normalized spacial score (nSPS) is 14.8. The molecule has 3 heterocycles. The predicted molar refractivity (Wildman–Crippen MR) is 124 cm³/mol. The summed E-state index contributed by atoms with van der Waals surface area (Å²) in [4.78, 5) is 32.9. The molecule has 0 saturated carbocycles. The van der Waals surface area contributed by atoms with Gasteiger partial charge in [-0.25, -0.2) is 4.98 Å². The van der Waals surface area contributed by atoms with Gasteiger partial charge < -0.3 is 4.74 Å². The second-order valence-corrected chi connectivity index (χ2v) is 9.64. The predicted octanol–water partition coefficient (Wildman–Crippen LogP) is 4.60. The molecule has 0 spiro atoms. The van der Waals surface area contributed by atoms with Gasteiger partial charge in [-0.15, -0.1) is 0 Å². The number of benzene rings is 1. The van der Waals surface area contributed by atoms with Gasteiger partial charge in [0.25, 0.3) is 5.91 Å². The number of anilines is 1. The van der Waals surface area contributed by atoms with E-state index in [9.17, 15) is 14.9 Å². The summed E-state index contributed by atoms with van der Waals surface area (Å²) in [6, 6.07) is 6.60. The number of hydrogen-bond acceptors (Lipinski definition) is 8. The summed E-state index contributed by atoms with van der Waals surface area (Å²) in [6.07, 6.45) is 0.752. The second-order valence-electron chi connectivity index (χ2n) is 7.20. The van der Waals surface area contributed by atoms with Gasteiger partial charge in [0.05, 0.1) is 38.3 Å². The number of hydrogen-bond donors (Lipinski definition) is 0. The monoisotopic (exact) mass is 480 g/mol. The first-order chi connectivity index (χ1) is 14.9. The Labute approximate surface area is 192 Å². The highest BCUT2D eigenvalue weighted by Gasteiger charge is 2.25. The number of carbonyl (C=O) groups is 1. The minimum atomic E-state index is -0.481. The van der Waals surface area contributed by atoms with Crippen LogP contribution in [-0.2, 0) is 4.74 Å². The van der Waals surface area contributed by atoms with E-state index in [0.717, 1.165) is 66.4 Å². The Morgan fingerprint density at radius 3 is 2.74 bits per heavy atom. The Morgan fingerprint density at radius 2 is 2.06 bits per heavy atom. The molecule has 1 aromatic carbocycles. The first-order valence-corrected chi connectivity index (χ1v) is 11.9. The van der Waals surface area contributed by atoms with Crippen LogP contribution in [0, 0.1) is 17.0 Å². The van der Waals surface area contributed by atoms with Crippen LogP contribution < -0.4 is 4.90 Å². The van der Waals surface area contributed by atoms with Crippen molar-refractivity contribution in [2.24, 2.45) is 0 Å². The van der Waals surface area contributed by atoms with Crippen molar-refractivity contribution in [3.63, 3.8) is 0 Å². The van der Waals surface area contributed by atoms with Gasteiger partial charge in [0.15, 0.2) is 5.13 Å². The van der Waals surface area contributed by atoms with E-state index >= 15 is 0 Å². The molecule has 0 N–H and O–H groups in total. The van der Waals surface area contributed by atoms with E-state index in [1.54, 1.807) is 4.90 Å². The summed E-state index contributed by atoms with van der Waals surface area (Å²) in [5.41, 5.74) is 1.75. The molecule has 0 aliphatic carbocycles. The van der Waals surface area contributed by atoms with Crippen molar-refractivity contribution in [3.8, 4) is 0 Å². The molecule has 0 bridgehead atoms. The third kappa shape index (κ3) is 4.88. The van der Waals surface area contributed by atoms with E-state index in [1.165, 1.54) is 23.5 Å². The SMILES string of the molecule is Cc1ccc(Cl)c2sc(N(CCCN3CCOCC3)C(=O)c3ccc([N+](=O)[O-])s3)nc12. The summed E-state index contributed by atoms with van der Waals surface area (Å²) in [6.45, 7) is 6.44. The van der Waals surface area contributed by atoms with E-state index in [1.807, 2.05) is 19.1 Å². The second kappa shape index (κ2) is 9.58. The van der Waals surface area contributed by atoms with E-state index in [0.29, 0.717) is 21.6 Å². The number of amides is 1. The third-order valence-corrected chi connectivity index (χ3v) is 7.67. The fourth-order valence-corrected chi connectivity index (χ4v) is 5.55. The number of morpholine rings is 1. The number of thiazole rings is 1. The highest BCUT2D eigenvalue weighted by Crippen LogP contribution is 2.37. The molecule has 0 radical (unpaired) electrons. The first kappa shape index (κ1) is 22.1. The molecule has 1 saturated heterocycles. The van der Waals surface area contributed by atoms with Gasteiger partial charge >= 0.3 is 5.00 Å². The average Bonchev–Trinajstić information content (AvgIpc) is 3.43. The molecule has 1 aliphatic heterocycles. The van der Waals surface area contributed by atoms with Gasteiger partial charge in [0.2, 0.25) is 0 Å². The highest BCUT2D eigenvalue weighted by atomic mass is 35.5. The standard InChI is InChI=1S/C20H21ClN4O4S2/c1-13-3-4-14(21)18-17(13)22-20(31-18)24(8-2-7-23-9-11-29-12-10-23)19(26)15-5-6-16(30-15)25(27)28/h3-6H,2,7-12H2,1H3. The lowest BCUT2D eigenvalue weighted by atomic mass is 10.2. The van der Waals surface area contributed by atoms with Crippen LogP contribution in [0.2, 0.25) is 5.02 Å². The number of halogens is 1. The van der Waals surface area contributed by atoms with Crippen molar-refractivity contribution in [2.45, 2.75) is 13.3 Å². The van der Waals surface area contributed by atoms with Crippen LogP contribution in [0.5, 0.6) is 0 Å². The first-order valence-electron chi connectivity index (χ1n) is 9.86. The molecular weight excluding hydrogens is 460 g/mol. The molecule has 2 aromatic heterocycles. The smallest absolute Gasteiger partial charge is 0.324 e. The van der Waals surface area contributed by atoms with Crippen molar-refractivity contribution in [1.82, 2.24) is 9.88 Å². The number of carbonyl (C=O) groups excluding carboxylic acids is 1. The van der Waals surface area contributed by atoms with Crippen molar-refractivity contribution in [3.05, 3.63) is 49.8 Å². The Kier molecular flexibility index (Phi) is 6.83. The molecule has 1 fully saturated rings. The Hall–Kier alpha value is -2.11. The van der Waals surface area contributed by atoms with E-state index in [2.05, 4.69) is 4.90 Å². The fraction of sp³-hybridized carbons (Fsp3) is 0.400. The molecular formula is C20H21ClN4O4S2. The van der Waals surface area contributed by atoms with Gasteiger partial charge in [0.1, 0.15) is 0 Å².